The average Bonchev–Trinajstić information content (AvgIpc) is 3.60. The maximum absolute atomic E-state index is 13.2. The molecule has 0 unspecified atom stereocenters. The molecule has 1 aromatic carbocycles. The standard InChI is InChI=1S/C24H21F3N4O4/c25-24(26,27)19-12-17(32)5-7-20(19)35-18-6-4-16(29-14-18)13-30-22(34)23(8-9-23)31-21(33)11-15-3-1-2-10-28-15/h1-7,10,12,14,32H,8-9,11,13H2,(H,30,34)(H,31,33). The molecule has 0 saturated heterocycles. The van der Waals surface area contributed by atoms with Gasteiger partial charge in [-0.3, -0.25) is 19.6 Å². The number of hydrogen-bond donors (Lipinski definition) is 3. The number of carbonyl (C=O) groups is 2. The van der Waals surface area contributed by atoms with Gasteiger partial charge in [0.25, 0.3) is 0 Å². The van der Waals surface area contributed by atoms with E-state index in [1.807, 2.05) is 0 Å². The van der Waals surface area contributed by atoms with Gasteiger partial charge in [-0.15, -0.1) is 0 Å². The van der Waals surface area contributed by atoms with Gasteiger partial charge in [0, 0.05) is 11.9 Å². The van der Waals surface area contributed by atoms with Crippen molar-refractivity contribution in [3.05, 3.63) is 77.9 Å². The van der Waals surface area contributed by atoms with E-state index in [1.54, 1.807) is 24.4 Å². The Labute approximate surface area is 198 Å². The molecule has 3 N–H and O–H groups in total. The first kappa shape index (κ1) is 24.0. The Morgan fingerprint density at radius 2 is 1.86 bits per heavy atom. The van der Waals surface area contributed by atoms with Crippen LogP contribution >= 0.6 is 0 Å². The molecule has 0 radical (unpaired) electrons. The van der Waals surface area contributed by atoms with Crippen LogP contribution in [0, 0.1) is 0 Å². The van der Waals surface area contributed by atoms with Crippen LogP contribution in [0.15, 0.2) is 60.9 Å². The number of phenolic OH excluding ortho intramolecular Hbond substituents is 1. The number of halogens is 3. The second kappa shape index (κ2) is 9.61. The minimum atomic E-state index is -4.71. The van der Waals surface area contributed by atoms with E-state index in [2.05, 4.69) is 20.6 Å². The number of carbonyl (C=O) groups excluding carboxylic acids is 2. The molecule has 11 heteroatoms. The number of phenols is 1. The molecule has 35 heavy (non-hydrogen) atoms. The number of hydrogen-bond acceptors (Lipinski definition) is 6. The van der Waals surface area contributed by atoms with E-state index in [4.69, 9.17) is 4.74 Å². The number of nitrogens with zero attached hydrogens (tertiary/aromatic N) is 2. The van der Waals surface area contributed by atoms with Gasteiger partial charge < -0.3 is 20.5 Å². The zero-order valence-electron chi connectivity index (χ0n) is 18.3. The topological polar surface area (TPSA) is 113 Å². The van der Waals surface area contributed by atoms with E-state index in [1.165, 1.54) is 18.3 Å². The zero-order valence-corrected chi connectivity index (χ0v) is 18.3. The van der Waals surface area contributed by atoms with Crippen LogP contribution in [0.4, 0.5) is 13.2 Å². The zero-order chi connectivity index (χ0) is 25.1. The largest absolute Gasteiger partial charge is 0.508 e. The maximum atomic E-state index is 13.2. The summed E-state index contributed by atoms with van der Waals surface area (Å²) in [6.07, 6.45) is -0.794. The van der Waals surface area contributed by atoms with E-state index >= 15 is 0 Å². The quantitative estimate of drug-likeness (QED) is 0.449. The van der Waals surface area contributed by atoms with Crippen LogP contribution in [0.25, 0.3) is 0 Å². The third kappa shape index (κ3) is 6.05. The summed E-state index contributed by atoms with van der Waals surface area (Å²) < 4.78 is 44.8. The number of alkyl halides is 3. The van der Waals surface area contributed by atoms with Crippen molar-refractivity contribution in [2.45, 2.75) is 37.5 Å². The second-order valence-corrected chi connectivity index (χ2v) is 8.08. The van der Waals surface area contributed by atoms with Crippen molar-refractivity contribution in [2.75, 3.05) is 0 Å². The molecule has 0 aliphatic heterocycles. The fourth-order valence-electron chi connectivity index (χ4n) is 3.38. The molecule has 1 aliphatic carbocycles. The number of amides is 2. The molecule has 0 spiro atoms. The molecule has 2 amide bonds. The van der Waals surface area contributed by atoms with E-state index in [-0.39, 0.29) is 30.5 Å². The summed E-state index contributed by atoms with van der Waals surface area (Å²) in [5, 5.41) is 14.8. The van der Waals surface area contributed by atoms with Crippen LogP contribution in [0.2, 0.25) is 0 Å². The van der Waals surface area contributed by atoms with Gasteiger partial charge in [0.15, 0.2) is 0 Å². The summed E-state index contributed by atoms with van der Waals surface area (Å²) >= 11 is 0. The number of pyridine rings is 2. The van der Waals surface area contributed by atoms with Crippen LogP contribution in [-0.4, -0.2) is 32.4 Å². The normalized spacial score (nSPS) is 14.1. The van der Waals surface area contributed by atoms with Gasteiger partial charge in [-0.1, -0.05) is 6.07 Å². The summed E-state index contributed by atoms with van der Waals surface area (Å²) in [7, 11) is 0. The molecule has 0 atom stereocenters. The number of benzene rings is 1. The van der Waals surface area contributed by atoms with E-state index in [0.717, 1.165) is 12.1 Å². The van der Waals surface area contributed by atoms with Crippen molar-refractivity contribution in [3.8, 4) is 17.2 Å². The van der Waals surface area contributed by atoms with Crippen molar-refractivity contribution < 1.29 is 32.6 Å². The van der Waals surface area contributed by atoms with Crippen LogP contribution in [0.1, 0.15) is 29.8 Å². The van der Waals surface area contributed by atoms with Gasteiger partial charge in [-0.05, 0) is 55.3 Å². The number of nitrogens with one attached hydrogen (secondary N) is 2. The van der Waals surface area contributed by atoms with E-state index < -0.39 is 28.8 Å². The number of aromatic hydroxyl groups is 1. The minimum absolute atomic E-state index is 0.0525. The number of ether oxygens (including phenoxy) is 1. The average molecular weight is 486 g/mol. The Bertz CT molecular complexity index is 1210. The van der Waals surface area contributed by atoms with Crippen molar-refractivity contribution >= 4 is 11.8 Å². The lowest BCUT2D eigenvalue weighted by atomic mass is 10.2. The molecule has 1 aliphatic rings. The highest BCUT2D eigenvalue weighted by Crippen LogP contribution is 2.40. The van der Waals surface area contributed by atoms with Gasteiger partial charge in [0.1, 0.15) is 28.4 Å². The highest BCUT2D eigenvalue weighted by molar-refractivity contribution is 5.94. The molecule has 3 aromatic rings. The third-order valence-corrected chi connectivity index (χ3v) is 5.36. The predicted octanol–water partition coefficient (Wildman–Crippen LogP) is 3.50. The number of rotatable bonds is 8. The first-order valence-electron chi connectivity index (χ1n) is 10.7. The molecule has 1 saturated carbocycles. The SMILES string of the molecule is O=C(Cc1ccccn1)NC1(C(=O)NCc2ccc(Oc3ccc(O)cc3C(F)(F)F)cn2)CC1. The van der Waals surface area contributed by atoms with Crippen LogP contribution in [0.5, 0.6) is 17.2 Å². The van der Waals surface area contributed by atoms with Crippen molar-refractivity contribution in [3.63, 3.8) is 0 Å². The second-order valence-electron chi connectivity index (χ2n) is 8.08. The molecule has 4 rings (SSSR count). The number of aromatic nitrogens is 2. The van der Waals surface area contributed by atoms with Gasteiger partial charge in [-0.2, -0.15) is 13.2 Å². The van der Waals surface area contributed by atoms with E-state index in [0.29, 0.717) is 30.3 Å². The maximum Gasteiger partial charge on any atom is 0.420 e. The molecule has 0 bridgehead atoms. The third-order valence-electron chi connectivity index (χ3n) is 5.36. The first-order chi connectivity index (χ1) is 16.6. The summed E-state index contributed by atoms with van der Waals surface area (Å²) in [5.41, 5.74) is -1.03. The van der Waals surface area contributed by atoms with Crippen LogP contribution in [-0.2, 0) is 28.7 Å². The molecule has 8 nitrogen and oxygen atoms in total. The Morgan fingerprint density at radius 1 is 1.06 bits per heavy atom. The fraction of sp³-hybridized carbons (Fsp3) is 0.250. The molecular weight excluding hydrogens is 465 g/mol. The van der Waals surface area contributed by atoms with Crippen molar-refractivity contribution in [2.24, 2.45) is 0 Å². The van der Waals surface area contributed by atoms with Gasteiger partial charge in [-0.25, -0.2) is 0 Å². The van der Waals surface area contributed by atoms with Gasteiger partial charge in [0.2, 0.25) is 11.8 Å². The highest BCUT2D eigenvalue weighted by Gasteiger charge is 2.51. The minimum Gasteiger partial charge on any atom is -0.508 e. The Hall–Kier alpha value is -4.15. The predicted molar refractivity (Wildman–Crippen MR) is 117 cm³/mol. The molecule has 182 valence electrons. The molecule has 1 fully saturated rings. The van der Waals surface area contributed by atoms with Gasteiger partial charge >= 0.3 is 6.18 Å². The molecule has 2 aromatic heterocycles. The Kier molecular flexibility index (Phi) is 6.59. The summed E-state index contributed by atoms with van der Waals surface area (Å²) in [4.78, 5) is 33.1. The monoisotopic (exact) mass is 486 g/mol. The highest BCUT2D eigenvalue weighted by atomic mass is 19.4. The lowest BCUT2D eigenvalue weighted by Gasteiger charge is -2.17. The summed E-state index contributed by atoms with van der Waals surface area (Å²) in [5.74, 6) is -1.60. The van der Waals surface area contributed by atoms with Crippen LogP contribution in [0.3, 0.4) is 0 Å². The fourth-order valence-corrected chi connectivity index (χ4v) is 3.38. The smallest absolute Gasteiger partial charge is 0.420 e. The first-order valence-corrected chi connectivity index (χ1v) is 10.7. The Balaban J connectivity index is 1.32. The lowest BCUT2D eigenvalue weighted by molar-refractivity contribution is -0.138. The van der Waals surface area contributed by atoms with Gasteiger partial charge in [0.05, 0.1) is 24.9 Å². The summed E-state index contributed by atoms with van der Waals surface area (Å²) in [6.45, 7) is 0.0595. The van der Waals surface area contributed by atoms with Crippen molar-refractivity contribution in [1.82, 2.24) is 20.6 Å². The molecule has 2 heterocycles. The summed E-state index contributed by atoms with van der Waals surface area (Å²) in [6, 6.07) is 10.9. The Morgan fingerprint density at radius 3 is 2.49 bits per heavy atom. The lowest BCUT2D eigenvalue weighted by Crippen LogP contribution is -2.49. The van der Waals surface area contributed by atoms with Crippen LogP contribution < -0.4 is 15.4 Å². The van der Waals surface area contributed by atoms with E-state index in [9.17, 15) is 27.9 Å². The molecular formula is C24H21F3N4O4. The van der Waals surface area contributed by atoms with Crippen molar-refractivity contribution in [1.29, 1.82) is 0 Å².